The van der Waals surface area contributed by atoms with Gasteiger partial charge in [0.05, 0.1) is 6.61 Å². The molecular weight excluding hydrogens is 254 g/mol. The molecule has 0 amide bonds. The summed E-state index contributed by atoms with van der Waals surface area (Å²) in [5, 5.41) is 17.8. The van der Waals surface area contributed by atoms with E-state index in [1.54, 1.807) is 6.92 Å². The SMILES string of the molecule is CCOc1ccc(Br)c(B(O)O)c1F. The van der Waals surface area contributed by atoms with Crippen molar-refractivity contribution in [2.24, 2.45) is 0 Å². The summed E-state index contributed by atoms with van der Waals surface area (Å²) in [6.45, 7) is 2.04. The fourth-order valence-electron chi connectivity index (χ4n) is 1.05. The zero-order chi connectivity index (χ0) is 10.7. The first-order valence-electron chi connectivity index (χ1n) is 4.04. The maximum Gasteiger partial charge on any atom is 0.492 e. The van der Waals surface area contributed by atoms with Crippen molar-refractivity contribution in [2.45, 2.75) is 6.92 Å². The number of ether oxygens (including phenoxy) is 1. The number of halogens is 2. The first-order valence-corrected chi connectivity index (χ1v) is 4.84. The van der Waals surface area contributed by atoms with Gasteiger partial charge in [0.15, 0.2) is 11.6 Å². The average Bonchev–Trinajstić information content (AvgIpc) is 2.10. The quantitative estimate of drug-likeness (QED) is 0.788. The average molecular weight is 263 g/mol. The lowest BCUT2D eigenvalue weighted by Gasteiger charge is -2.09. The van der Waals surface area contributed by atoms with Gasteiger partial charge in [-0.25, -0.2) is 4.39 Å². The second-order valence-corrected chi connectivity index (χ2v) is 3.43. The van der Waals surface area contributed by atoms with Gasteiger partial charge >= 0.3 is 7.12 Å². The molecule has 0 spiro atoms. The normalized spacial score (nSPS) is 10.1. The third-order valence-electron chi connectivity index (χ3n) is 1.65. The van der Waals surface area contributed by atoms with Gasteiger partial charge in [-0.1, -0.05) is 15.9 Å². The Morgan fingerprint density at radius 3 is 2.64 bits per heavy atom. The third kappa shape index (κ3) is 2.26. The van der Waals surface area contributed by atoms with Crippen LogP contribution in [0.2, 0.25) is 0 Å². The topological polar surface area (TPSA) is 49.7 Å². The molecule has 0 aliphatic rings. The van der Waals surface area contributed by atoms with Crippen LogP contribution >= 0.6 is 15.9 Å². The van der Waals surface area contributed by atoms with Crippen LogP contribution in [0.3, 0.4) is 0 Å². The second-order valence-electron chi connectivity index (χ2n) is 2.58. The summed E-state index contributed by atoms with van der Waals surface area (Å²) in [5.41, 5.74) is -0.212. The van der Waals surface area contributed by atoms with E-state index < -0.39 is 12.9 Å². The number of hydrogen-bond donors (Lipinski definition) is 2. The molecule has 76 valence electrons. The van der Waals surface area contributed by atoms with E-state index in [9.17, 15) is 4.39 Å². The molecule has 0 radical (unpaired) electrons. The monoisotopic (exact) mass is 262 g/mol. The number of rotatable bonds is 3. The Labute approximate surface area is 89.8 Å². The Morgan fingerprint density at radius 2 is 2.14 bits per heavy atom. The van der Waals surface area contributed by atoms with Crippen LogP contribution < -0.4 is 10.2 Å². The highest BCUT2D eigenvalue weighted by atomic mass is 79.9. The molecule has 6 heteroatoms. The number of hydrogen-bond acceptors (Lipinski definition) is 3. The van der Waals surface area contributed by atoms with E-state index in [1.807, 2.05) is 0 Å². The summed E-state index contributed by atoms with van der Waals surface area (Å²) in [5.74, 6) is -0.741. The Morgan fingerprint density at radius 1 is 1.50 bits per heavy atom. The van der Waals surface area contributed by atoms with E-state index >= 15 is 0 Å². The maximum atomic E-state index is 13.5. The van der Waals surface area contributed by atoms with E-state index in [1.165, 1.54) is 12.1 Å². The van der Waals surface area contributed by atoms with Crippen LogP contribution in [0.15, 0.2) is 16.6 Å². The largest absolute Gasteiger partial charge is 0.492 e. The van der Waals surface area contributed by atoms with Crippen molar-refractivity contribution in [1.82, 2.24) is 0 Å². The molecule has 0 aliphatic heterocycles. The van der Waals surface area contributed by atoms with Crippen LogP contribution in [0.1, 0.15) is 6.92 Å². The minimum atomic E-state index is -1.86. The molecule has 1 aromatic rings. The fourth-order valence-corrected chi connectivity index (χ4v) is 1.56. The molecule has 0 heterocycles. The molecule has 0 atom stereocenters. The zero-order valence-corrected chi connectivity index (χ0v) is 9.08. The van der Waals surface area contributed by atoms with E-state index in [2.05, 4.69) is 15.9 Å². The van der Waals surface area contributed by atoms with Crippen LogP contribution in [0.25, 0.3) is 0 Å². The van der Waals surface area contributed by atoms with Gasteiger partial charge in [-0.15, -0.1) is 0 Å². The summed E-state index contributed by atoms with van der Waals surface area (Å²) >= 11 is 3.02. The van der Waals surface area contributed by atoms with Gasteiger partial charge in [-0.2, -0.15) is 0 Å². The summed E-state index contributed by atoms with van der Waals surface area (Å²) in [7, 11) is -1.86. The Kier molecular flexibility index (Phi) is 3.91. The molecule has 0 unspecified atom stereocenters. The second kappa shape index (κ2) is 4.77. The molecule has 0 aromatic heterocycles. The maximum absolute atomic E-state index is 13.5. The van der Waals surface area contributed by atoms with Crippen LogP contribution in [-0.2, 0) is 0 Å². The minimum Gasteiger partial charge on any atom is -0.491 e. The Balaban J connectivity index is 3.19. The third-order valence-corrected chi connectivity index (χ3v) is 2.34. The fraction of sp³-hybridized carbons (Fsp3) is 0.250. The van der Waals surface area contributed by atoms with Gasteiger partial charge in [0.25, 0.3) is 0 Å². The lowest BCUT2D eigenvalue weighted by molar-refractivity contribution is 0.321. The predicted octanol–water partition coefficient (Wildman–Crippen LogP) is 0.667. The summed E-state index contributed by atoms with van der Waals surface area (Å²) in [6.07, 6.45) is 0. The van der Waals surface area contributed by atoms with E-state index in [4.69, 9.17) is 14.8 Å². The van der Waals surface area contributed by atoms with Gasteiger partial charge in [-0.05, 0) is 19.1 Å². The van der Waals surface area contributed by atoms with Crippen molar-refractivity contribution in [3.05, 3.63) is 22.4 Å². The summed E-state index contributed by atoms with van der Waals surface area (Å²) in [6, 6.07) is 2.93. The van der Waals surface area contributed by atoms with Gasteiger partial charge in [0.2, 0.25) is 0 Å². The molecule has 0 saturated heterocycles. The molecule has 3 nitrogen and oxygen atoms in total. The first kappa shape index (κ1) is 11.5. The van der Waals surface area contributed by atoms with Gasteiger partial charge in [0, 0.05) is 9.94 Å². The minimum absolute atomic E-state index is 0.0128. The molecule has 2 N–H and O–H groups in total. The summed E-state index contributed by atoms with van der Waals surface area (Å²) in [4.78, 5) is 0. The molecule has 0 saturated carbocycles. The predicted molar refractivity (Wildman–Crippen MR) is 55.1 cm³/mol. The van der Waals surface area contributed by atoms with E-state index in [0.29, 0.717) is 11.1 Å². The zero-order valence-electron chi connectivity index (χ0n) is 7.50. The van der Waals surface area contributed by atoms with Gasteiger partial charge < -0.3 is 14.8 Å². The summed E-state index contributed by atoms with van der Waals surface area (Å²) < 4.78 is 18.8. The molecule has 1 rings (SSSR count). The van der Waals surface area contributed by atoms with Gasteiger partial charge in [0.1, 0.15) is 0 Å². The Bertz CT molecular complexity index is 333. The van der Waals surface area contributed by atoms with Crippen molar-refractivity contribution < 1.29 is 19.2 Å². The standard InChI is InChI=1S/C8H9BBrFO3/c1-2-14-6-4-3-5(10)7(8(6)11)9(12)13/h3-4,12-13H,2H2,1H3. The number of benzene rings is 1. The van der Waals surface area contributed by atoms with Crippen LogP contribution in [0, 0.1) is 5.82 Å². The highest BCUT2D eigenvalue weighted by Gasteiger charge is 2.23. The van der Waals surface area contributed by atoms with Crippen molar-refractivity contribution >= 4 is 28.5 Å². The van der Waals surface area contributed by atoms with Crippen molar-refractivity contribution in [3.8, 4) is 5.75 Å². The lowest BCUT2D eigenvalue weighted by atomic mass is 9.80. The molecular formula is C8H9BBrFO3. The van der Waals surface area contributed by atoms with E-state index in [-0.39, 0.29) is 11.2 Å². The molecule has 14 heavy (non-hydrogen) atoms. The molecule has 0 fully saturated rings. The highest BCUT2D eigenvalue weighted by Crippen LogP contribution is 2.19. The van der Waals surface area contributed by atoms with Gasteiger partial charge in [-0.3, -0.25) is 0 Å². The van der Waals surface area contributed by atoms with Crippen LogP contribution in [0.5, 0.6) is 5.75 Å². The van der Waals surface area contributed by atoms with Crippen molar-refractivity contribution in [2.75, 3.05) is 6.61 Å². The highest BCUT2D eigenvalue weighted by molar-refractivity contribution is 9.10. The van der Waals surface area contributed by atoms with Crippen LogP contribution in [-0.4, -0.2) is 23.8 Å². The van der Waals surface area contributed by atoms with E-state index in [0.717, 1.165) is 0 Å². The molecule has 0 aliphatic carbocycles. The van der Waals surface area contributed by atoms with Crippen LogP contribution in [0.4, 0.5) is 4.39 Å². The molecule has 0 bridgehead atoms. The first-order chi connectivity index (χ1) is 6.57. The Hall–Kier alpha value is -0.585. The molecule has 1 aromatic carbocycles. The van der Waals surface area contributed by atoms with Crippen molar-refractivity contribution in [3.63, 3.8) is 0 Å². The van der Waals surface area contributed by atoms with Crippen molar-refractivity contribution in [1.29, 1.82) is 0 Å². The lowest BCUT2D eigenvalue weighted by Crippen LogP contribution is -2.34. The smallest absolute Gasteiger partial charge is 0.491 e.